The maximum atomic E-state index is 12.9. The van der Waals surface area contributed by atoms with Crippen molar-refractivity contribution in [3.63, 3.8) is 0 Å². The molecule has 88 valence electrons. The second kappa shape index (κ2) is 6.26. The lowest BCUT2D eigenvalue weighted by molar-refractivity contribution is -0.118. The van der Waals surface area contributed by atoms with E-state index in [9.17, 15) is 9.18 Å². The Bertz CT molecular complexity index is 361. The normalized spacial score (nSPS) is 10.2. The second-order valence-corrected chi connectivity index (χ2v) is 3.76. The van der Waals surface area contributed by atoms with Gasteiger partial charge in [0.1, 0.15) is 17.3 Å². The molecule has 0 aliphatic rings. The highest BCUT2D eigenvalue weighted by molar-refractivity contribution is 5.77. The van der Waals surface area contributed by atoms with Gasteiger partial charge in [0, 0.05) is 12.8 Å². The number of Topliss-reactive ketones (excluding diaryl/α,β-unsaturated/α-hetero) is 1. The number of carbonyl (C=O) groups is 1. The van der Waals surface area contributed by atoms with Crippen LogP contribution in [-0.2, 0) is 4.79 Å². The lowest BCUT2D eigenvalue weighted by Crippen LogP contribution is -2.02. The molecule has 0 saturated heterocycles. The van der Waals surface area contributed by atoms with Crippen LogP contribution in [0.15, 0.2) is 18.2 Å². The summed E-state index contributed by atoms with van der Waals surface area (Å²) in [6, 6.07) is 4.66. The van der Waals surface area contributed by atoms with Crippen molar-refractivity contribution in [1.29, 1.82) is 0 Å². The molecule has 1 aromatic rings. The van der Waals surface area contributed by atoms with E-state index in [4.69, 9.17) is 4.74 Å². The molecule has 1 aromatic carbocycles. The van der Waals surface area contributed by atoms with Crippen molar-refractivity contribution >= 4 is 5.78 Å². The third-order valence-electron chi connectivity index (χ3n) is 2.39. The molecule has 3 heteroatoms. The van der Waals surface area contributed by atoms with Gasteiger partial charge in [-0.25, -0.2) is 4.39 Å². The van der Waals surface area contributed by atoms with Crippen LogP contribution in [0.5, 0.6) is 5.75 Å². The first kappa shape index (κ1) is 12.7. The van der Waals surface area contributed by atoms with E-state index in [2.05, 4.69) is 0 Å². The Balaban J connectivity index is 2.32. The van der Waals surface area contributed by atoms with E-state index in [1.54, 1.807) is 19.1 Å². The standard InChI is InChI=1S/C13H17FO2/c1-3-11(15)5-4-8-16-12-6-7-13(14)10(2)9-12/h6-7,9H,3-5,8H2,1-2H3. The van der Waals surface area contributed by atoms with E-state index in [-0.39, 0.29) is 11.6 Å². The lowest BCUT2D eigenvalue weighted by Gasteiger charge is -2.06. The van der Waals surface area contributed by atoms with Crippen LogP contribution >= 0.6 is 0 Å². The summed E-state index contributed by atoms with van der Waals surface area (Å²) in [5.74, 6) is 0.676. The van der Waals surface area contributed by atoms with Gasteiger partial charge in [0.25, 0.3) is 0 Å². The fraction of sp³-hybridized carbons (Fsp3) is 0.462. The molecule has 0 aromatic heterocycles. The number of hydrogen-bond acceptors (Lipinski definition) is 2. The Morgan fingerprint density at radius 1 is 1.44 bits per heavy atom. The number of ketones is 1. The van der Waals surface area contributed by atoms with Gasteiger partial charge in [0.05, 0.1) is 6.61 Å². The molecule has 1 rings (SSSR count). The smallest absolute Gasteiger partial charge is 0.132 e. The average Bonchev–Trinajstić information content (AvgIpc) is 2.28. The zero-order chi connectivity index (χ0) is 12.0. The maximum Gasteiger partial charge on any atom is 0.132 e. The Morgan fingerprint density at radius 3 is 2.81 bits per heavy atom. The van der Waals surface area contributed by atoms with Crippen molar-refractivity contribution in [2.75, 3.05) is 6.61 Å². The highest BCUT2D eigenvalue weighted by Gasteiger charge is 2.01. The van der Waals surface area contributed by atoms with Crippen molar-refractivity contribution in [3.05, 3.63) is 29.6 Å². The molecule has 0 fully saturated rings. The molecule has 0 bridgehead atoms. The van der Waals surface area contributed by atoms with Crippen LogP contribution in [0.4, 0.5) is 4.39 Å². The number of halogens is 1. The zero-order valence-electron chi connectivity index (χ0n) is 9.75. The van der Waals surface area contributed by atoms with E-state index < -0.39 is 0 Å². The van der Waals surface area contributed by atoms with Gasteiger partial charge in [-0.2, -0.15) is 0 Å². The largest absolute Gasteiger partial charge is 0.494 e. The van der Waals surface area contributed by atoms with Gasteiger partial charge in [-0.15, -0.1) is 0 Å². The minimum Gasteiger partial charge on any atom is -0.494 e. The number of benzene rings is 1. The van der Waals surface area contributed by atoms with E-state index >= 15 is 0 Å². The number of rotatable bonds is 6. The maximum absolute atomic E-state index is 12.9. The molecule has 16 heavy (non-hydrogen) atoms. The topological polar surface area (TPSA) is 26.3 Å². The van der Waals surface area contributed by atoms with Gasteiger partial charge >= 0.3 is 0 Å². The van der Waals surface area contributed by atoms with Crippen molar-refractivity contribution in [3.8, 4) is 5.75 Å². The van der Waals surface area contributed by atoms with Gasteiger partial charge in [-0.05, 0) is 37.1 Å². The van der Waals surface area contributed by atoms with Crippen molar-refractivity contribution in [1.82, 2.24) is 0 Å². The number of carbonyl (C=O) groups excluding carboxylic acids is 1. The fourth-order valence-corrected chi connectivity index (χ4v) is 1.34. The summed E-state index contributed by atoms with van der Waals surface area (Å²) in [4.78, 5) is 11.0. The van der Waals surface area contributed by atoms with Gasteiger partial charge in [-0.1, -0.05) is 6.92 Å². The summed E-state index contributed by atoms with van der Waals surface area (Å²) in [5, 5.41) is 0. The van der Waals surface area contributed by atoms with Crippen molar-refractivity contribution < 1.29 is 13.9 Å². The first-order valence-corrected chi connectivity index (χ1v) is 5.54. The van der Waals surface area contributed by atoms with E-state index in [0.29, 0.717) is 37.2 Å². The number of aryl methyl sites for hydroxylation is 1. The quantitative estimate of drug-likeness (QED) is 0.693. The van der Waals surface area contributed by atoms with E-state index in [1.165, 1.54) is 6.07 Å². The lowest BCUT2D eigenvalue weighted by atomic mass is 10.2. The Labute approximate surface area is 95.4 Å². The summed E-state index contributed by atoms with van der Waals surface area (Å²) in [6.45, 7) is 4.05. The molecule has 0 heterocycles. The van der Waals surface area contributed by atoms with E-state index in [0.717, 1.165) is 0 Å². The van der Waals surface area contributed by atoms with Crippen molar-refractivity contribution in [2.24, 2.45) is 0 Å². The number of hydrogen-bond donors (Lipinski definition) is 0. The predicted molar refractivity (Wildman–Crippen MR) is 61.2 cm³/mol. The molecule has 0 unspecified atom stereocenters. The zero-order valence-corrected chi connectivity index (χ0v) is 9.75. The Hall–Kier alpha value is -1.38. The highest BCUT2D eigenvalue weighted by atomic mass is 19.1. The second-order valence-electron chi connectivity index (χ2n) is 3.76. The van der Waals surface area contributed by atoms with E-state index in [1.807, 2.05) is 6.92 Å². The van der Waals surface area contributed by atoms with Crippen LogP contribution in [0, 0.1) is 12.7 Å². The average molecular weight is 224 g/mol. The summed E-state index contributed by atoms with van der Waals surface area (Å²) in [5.41, 5.74) is 0.571. The first-order chi connectivity index (χ1) is 7.63. The van der Waals surface area contributed by atoms with Gasteiger partial charge in [-0.3, -0.25) is 4.79 Å². The van der Waals surface area contributed by atoms with Gasteiger partial charge < -0.3 is 4.74 Å². The third kappa shape index (κ3) is 4.01. The van der Waals surface area contributed by atoms with Gasteiger partial charge in [0.2, 0.25) is 0 Å². The molecule has 0 N–H and O–H groups in total. The van der Waals surface area contributed by atoms with Crippen LogP contribution in [0.2, 0.25) is 0 Å². The summed E-state index contributed by atoms with van der Waals surface area (Å²) in [7, 11) is 0. The SMILES string of the molecule is CCC(=O)CCCOc1ccc(F)c(C)c1. The van der Waals surface area contributed by atoms with Crippen LogP contribution in [0.1, 0.15) is 31.7 Å². The minimum absolute atomic E-state index is 0.228. The third-order valence-corrected chi connectivity index (χ3v) is 2.39. The molecule has 0 saturated carbocycles. The van der Waals surface area contributed by atoms with Crippen molar-refractivity contribution in [2.45, 2.75) is 33.1 Å². The van der Waals surface area contributed by atoms with Crippen LogP contribution in [0.3, 0.4) is 0 Å². The predicted octanol–water partition coefficient (Wildman–Crippen LogP) is 3.27. The van der Waals surface area contributed by atoms with Crippen LogP contribution in [0.25, 0.3) is 0 Å². The molecule has 0 radical (unpaired) electrons. The summed E-state index contributed by atoms with van der Waals surface area (Å²) < 4.78 is 18.4. The Kier molecular flexibility index (Phi) is 4.96. The van der Waals surface area contributed by atoms with Crippen LogP contribution in [-0.4, -0.2) is 12.4 Å². The molecular weight excluding hydrogens is 207 g/mol. The van der Waals surface area contributed by atoms with Crippen LogP contribution < -0.4 is 4.74 Å². The molecule has 0 atom stereocenters. The summed E-state index contributed by atoms with van der Waals surface area (Å²) >= 11 is 0. The molecule has 2 nitrogen and oxygen atoms in total. The molecular formula is C13H17FO2. The first-order valence-electron chi connectivity index (χ1n) is 5.54. The molecule has 0 amide bonds. The molecule has 0 aliphatic carbocycles. The number of ether oxygens (including phenoxy) is 1. The fourth-order valence-electron chi connectivity index (χ4n) is 1.34. The molecule has 0 spiro atoms. The minimum atomic E-state index is -0.228. The molecule has 0 aliphatic heterocycles. The monoisotopic (exact) mass is 224 g/mol. The Morgan fingerprint density at radius 2 is 2.19 bits per heavy atom. The summed E-state index contributed by atoms with van der Waals surface area (Å²) in [6.07, 6.45) is 1.84. The highest BCUT2D eigenvalue weighted by Crippen LogP contribution is 2.16. The van der Waals surface area contributed by atoms with Gasteiger partial charge in [0.15, 0.2) is 0 Å².